The van der Waals surface area contributed by atoms with E-state index in [9.17, 15) is 4.79 Å². The maximum Gasteiger partial charge on any atom is 0.155 e. The first-order valence-corrected chi connectivity index (χ1v) is 6.10. The normalized spacial score (nSPS) is 23.7. The van der Waals surface area contributed by atoms with E-state index < -0.39 is 0 Å². The second-order valence-electron chi connectivity index (χ2n) is 6.16. The number of Topliss-reactive ketones (excluding diaryl/α,β-unsaturated/α-hetero) is 1. The molecule has 0 radical (unpaired) electrons. The third-order valence-electron chi connectivity index (χ3n) is 3.01. The Morgan fingerprint density at radius 3 is 2.47 bits per heavy atom. The minimum atomic E-state index is -0.190. The zero-order valence-corrected chi connectivity index (χ0v) is 10.8. The van der Waals surface area contributed by atoms with Gasteiger partial charge in [-0.15, -0.1) is 0 Å². The second-order valence-corrected chi connectivity index (χ2v) is 6.16. The molecule has 0 aliphatic carbocycles. The van der Waals surface area contributed by atoms with Gasteiger partial charge in [0.15, 0.2) is 5.78 Å². The standard InChI is InChI=1S/C13H25NO/c1-10(2)9-14-8-6-7-11(14)12(15)13(3,4)5/h10-11H,6-9H2,1-5H3. The summed E-state index contributed by atoms with van der Waals surface area (Å²) in [4.78, 5) is 14.6. The van der Waals surface area contributed by atoms with Gasteiger partial charge in [-0.1, -0.05) is 34.6 Å². The summed E-state index contributed by atoms with van der Waals surface area (Å²) < 4.78 is 0. The molecule has 1 rings (SSSR count). The highest BCUT2D eigenvalue weighted by Crippen LogP contribution is 2.27. The molecule has 1 fully saturated rings. The van der Waals surface area contributed by atoms with Gasteiger partial charge in [-0.2, -0.15) is 0 Å². The number of hydrogen-bond donors (Lipinski definition) is 0. The van der Waals surface area contributed by atoms with Crippen LogP contribution in [0.3, 0.4) is 0 Å². The van der Waals surface area contributed by atoms with E-state index in [-0.39, 0.29) is 11.5 Å². The molecule has 1 atom stereocenters. The van der Waals surface area contributed by atoms with E-state index in [2.05, 4.69) is 18.7 Å². The minimum absolute atomic E-state index is 0.187. The van der Waals surface area contributed by atoms with E-state index in [0.717, 1.165) is 19.5 Å². The molecule has 2 nitrogen and oxygen atoms in total. The predicted molar refractivity (Wildman–Crippen MR) is 63.9 cm³/mol. The Kier molecular flexibility index (Phi) is 3.93. The van der Waals surface area contributed by atoms with Gasteiger partial charge in [0, 0.05) is 12.0 Å². The maximum absolute atomic E-state index is 12.2. The van der Waals surface area contributed by atoms with Crippen molar-refractivity contribution in [3.63, 3.8) is 0 Å². The summed E-state index contributed by atoms with van der Waals surface area (Å²) in [5.74, 6) is 1.07. The molecule has 1 unspecified atom stereocenters. The van der Waals surface area contributed by atoms with Gasteiger partial charge < -0.3 is 0 Å². The molecule has 15 heavy (non-hydrogen) atoms. The summed E-state index contributed by atoms with van der Waals surface area (Å²) in [6.45, 7) is 12.7. The molecule has 1 heterocycles. The maximum atomic E-state index is 12.2. The van der Waals surface area contributed by atoms with Crippen molar-refractivity contribution in [2.75, 3.05) is 13.1 Å². The smallest absolute Gasteiger partial charge is 0.155 e. The molecule has 0 saturated carbocycles. The van der Waals surface area contributed by atoms with Crippen LogP contribution >= 0.6 is 0 Å². The fourth-order valence-corrected chi connectivity index (χ4v) is 2.31. The van der Waals surface area contributed by atoms with Gasteiger partial charge in [0.2, 0.25) is 0 Å². The topological polar surface area (TPSA) is 20.3 Å². The third kappa shape index (κ3) is 3.30. The van der Waals surface area contributed by atoms with Crippen LogP contribution in [0.15, 0.2) is 0 Å². The largest absolute Gasteiger partial charge is 0.297 e. The Bertz CT molecular complexity index is 227. The zero-order valence-electron chi connectivity index (χ0n) is 10.8. The number of likely N-dealkylation sites (tertiary alicyclic amines) is 1. The van der Waals surface area contributed by atoms with Crippen LogP contribution in [0, 0.1) is 11.3 Å². The van der Waals surface area contributed by atoms with E-state index in [1.807, 2.05) is 20.8 Å². The first kappa shape index (κ1) is 12.7. The molecule has 1 aliphatic heterocycles. The molecule has 0 spiro atoms. The SMILES string of the molecule is CC(C)CN1CCCC1C(=O)C(C)(C)C. The minimum Gasteiger partial charge on any atom is -0.297 e. The average molecular weight is 211 g/mol. The molecule has 1 saturated heterocycles. The highest BCUT2D eigenvalue weighted by molar-refractivity contribution is 5.88. The van der Waals surface area contributed by atoms with Crippen LogP contribution in [-0.2, 0) is 4.79 Å². The Morgan fingerprint density at radius 1 is 1.40 bits per heavy atom. The number of ketones is 1. The van der Waals surface area contributed by atoms with Gasteiger partial charge in [0.1, 0.15) is 0 Å². The molecule has 1 aliphatic rings. The summed E-state index contributed by atoms with van der Waals surface area (Å²) >= 11 is 0. The molecule has 0 aromatic rings. The number of hydrogen-bond acceptors (Lipinski definition) is 2. The Hall–Kier alpha value is -0.370. The summed E-state index contributed by atoms with van der Waals surface area (Å²) in [6.07, 6.45) is 2.24. The van der Waals surface area contributed by atoms with Gasteiger partial charge in [0.25, 0.3) is 0 Å². The molecule has 0 N–H and O–H groups in total. The average Bonchev–Trinajstić information content (AvgIpc) is 2.48. The Balaban J connectivity index is 2.64. The highest BCUT2D eigenvalue weighted by Gasteiger charge is 2.36. The lowest BCUT2D eigenvalue weighted by atomic mass is 9.85. The lowest BCUT2D eigenvalue weighted by molar-refractivity contribution is -0.131. The van der Waals surface area contributed by atoms with Crippen molar-refractivity contribution in [1.82, 2.24) is 4.90 Å². The van der Waals surface area contributed by atoms with E-state index >= 15 is 0 Å². The fraction of sp³-hybridized carbons (Fsp3) is 0.923. The predicted octanol–water partition coefficient (Wildman–Crippen LogP) is 2.72. The number of rotatable bonds is 3. The van der Waals surface area contributed by atoms with Crippen molar-refractivity contribution in [3.05, 3.63) is 0 Å². The van der Waals surface area contributed by atoms with Crippen LogP contribution in [0.2, 0.25) is 0 Å². The monoisotopic (exact) mass is 211 g/mol. The van der Waals surface area contributed by atoms with Gasteiger partial charge in [-0.25, -0.2) is 0 Å². The second kappa shape index (κ2) is 4.65. The molecule has 0 amide bonds. The van der Waals surface area contributed by atoms with E-state index in [0.29, 0.717) is 11.7 Å². The van der Waals surface area contributed by atoms with Crippen LogP contribution in [-0.4, -0.2) is 29.8 Å². The van der Waals surface area contributed by atoms with Gasteiger partial charge in [-0.3, -0.25) is 9.69 Å². The van der Waals surface area contributed by atoms with Crippen LogP contribution in [0.1, 0.15) is 47.5 Å². The first-order chi connectivity index (χ1) is 6.82. The highest BCUT2D eigenvalue weighted by atomic mass is 16.1. The van der Waals surface area contributed by atoms with E-state index in [1.165, 1.54) is 6.42 Å². The van der Waals surface area contributed by atoms with Crippen LogP contribution in [0.25, 0.3) is 0 Å². The van der Waals surface area contributed by atoms with Gasteiger partial charge >= 0.3 is 0 Å². The zero-order chi connectivity index (χ0) is 11.6. The number of carbonyl (C=O) groups is 1. The lowest BCUT2D eigenvalue weighted by Gasteiger charge is -2.29. The molecule has 0 bridgehead atoms. The fourth-order valence-electron chi connectivity index (χ4n) is 2.31. The van der Waals surface area contributed by atoms with Crippen molar-refractivity contribution in [3.8, 4) is 0 Å². The van der Waals surface area contributed by atoms with E-state index in [4.69, 9.17) is 0 Å². The van der Waals surface area contributed by atoms with Crippen molar-refractivity contribution in [2.24, 2.45) is 11.3 Å². The van der Waals surface area contributed by atoms with Gasteiger partial charge in [-0.05, 0) is 25.3 Å². The van der Waals surface area contributed by atoms with Crippen LogP contribution in [0.4, 0.5) is 0 Å². The van der Waals surface area contributed by atoms with E-state index in [1.54, 1.807) is 0 Å². The van der Waals surface area contributed by atoms with Crippen molar-refractivity contribution < 1.29 is 4.79 Å². The molecular formula is C13H25NO. The first-order valence-electron chi connectivity index (χ1n) is 6.10. The molecule has 0 aromatic heterocycles. The molecular weight excluding hydrogens is 186 g/mol. The van der Waals surface area contributed by atoms with Crippen molar-refractivity contribution >= 4 is 5.78 Å². The quantitative estimate of drug-likeness (QED) is 0.715. The Morgan fingerprint density at radius 2 is 2.00 bits per heavy atom. The Labute approximate surface area is 94.0 Å². The number of nitrogens with zero attached hydrogens (tertiary/aromatic N) is 1. The third-order valence-corrected chi connectivity index (χ3v) is 3.01. The lowest BCUT2D eigenvalue weighted by Crippen LogP contribution is -2.43. The number of carbonyl (C=O) groups excluding carboxylic acids is 1. The summed E-state index contributed by atoms with van der Waals surface area (Å²) in [5, 5.41) is 0. The summed E-state index contributed by atoms with van der Waals surface area (Å²) in [7, 11) is 0. The summed E-state index contributed by atoms with van der Waals surface area (Å²) in [5.41, 5.74) is -0.190. The van der Waals surface area contributed by atoms with Crippen molar-refractivity contribution in [2.45, 2.75) is 53.5 Å². The molecule has 0 aromatic carbocycles. The van der Waals surface area contributed by atoms with Crippen molar-refractivity contribution in [1.29, 1.82) is 0 Å². The summed E-state index contributed by atoms with van der Waals surface area (Å²) in [6, 6.07) is 0.187. The molecule has 88 valence electrons. The van der Waals surface area contributed by atoms with Crippen LogP contribution < -0.4 is 0 Å². The van der Waals surface area contributed by atoms with Gasteiger partial charge in [0.05, 0.1) is 6.04 Å². The molecule has 2 heteroatoms. The van der Waals surface area contributed by atoms with Crippen LogP contribution in [0.5, 0.6) is 0 Å².